The number of fused-ring (bicyclic) bond motifs is 2. The Morgan fingerprint density at radius 2 is 1.79 bits per heavy atom. The third-order valence-electron chi connectivity index (χ3n) is 9.45. The van der Waals surface area contributed by atoms with Crippen LogP contribution in [-0.2, 0) is 28.7 Å². The quantitative estimate of drug-likeness (QED) is 0.415. The maximum absolute atomic E-state index is 14.3. The van der Waals surface area contributed by atoms with Crippen LogP contribution in [0.3, 0.4) is 0 Å². The summed E-state index contributed by atoms with van der Waals surface area (Å²) in [4.78, 5) is 58.4. The topological polar surface area (TPSA) is 125 Å². The summed E-state index contributed by atoms with van der Waals surface area (Å²) < 4.78 is 12.2. The van der Waals surface area contributed by atoms with Gasteiger partial charge in [-0.1, -0.05) is 73.9 Å². The molecule has 10 nitrogen and oxygen atoms in total. The maximum atomic E-state index is 14.3. The van der Waals surface area contributed by atoms with Crippen LogP contribution in [0.4, 0.5) is 0 Å². The molecule has 4 aliphatic heterocycles. The third kappa shape index (κ3) is 5.04. The highest BCUT2D eigenvalue weighted by atomic mass is 16.5. The molecule has 2 saturated heterocycles. The number of aliphatic hydroxyl groups is 1. The van der Waals surface area contributed by atoms with Gasteiger partial charge in [-0.15, -0.1) is 0 Å². The van der Waals surface area contributed by atoms with Crippen molar-refractivity contribution in [1.82, 2.24) is 15.1 Å². The van der Waals surface area contributed by atoms with E-state index in [0.717, 1.165) is 37.7 Å². The van der Waals surface area contributed by atoms with Crippen molar-refractivity contribution >= 4 is 23.7 Å². The zero-order chi connectivity index (χ0) is 29.3. The van der Waals surface area contributed by atoms with Crippen molar-refractivity contribution in [3.05, 3.63) is 60.2 Å². The number of likely N-dealkylation sites (tertiary alicyclic amines) is 1. The highest BCUT2D eigenvalue weighted by molar-refractivity contribution is 5.99. The summed E-state index contributed by atoms with van der Waals surface area (Å²) in [6, 6.07) is 7.72. The van der Waals surface area contributed by atoms with Gasteiger partial charge in [0.15, 0.2) is 0 Å². The molecule has 3 amide bonds. The fourth-order valence-electron chi connectivity index (χ4n) is 7.52. The zero-order valence-electron chi connectivity index (χ0n) is 23.7. The summed E-state index contributed by atoms with van der Waals surface area (Å²) in [5, 5.41) is 13.0. The van der Waals surface area contributed by atoms with Crippen LogP contribution in [-0.4, -0.2) is 88.7 Å². The van der Waals surface area contributed by atoms with Gasteiger partial charge in [0.25, 0.3) is 0 Å². The molecule has 0 unspecified atom stereocenters. The molecule has 2 N–H and O–H groups in total. The lowest BCUT2D eigenvalue weighted by Gasteiger charge is -2.39. The average Bonchev–Trinajstić information content (AvgIpc) is 3.38. The minimum Gasteiger partial charge on any atom is -0.463 e. The second-order valence-corrected chi connectivity index (χ2v) is 11.9. The number of carbonyl (C=O) groups is 4. The minimum atomic E-state index is -1.36. The Morgan fingerprint density at radius 3 is 2.55 bits per heavy atom. The molecule has 224 valence electrons. The first-order valence-corrected chi connectivity index (χ1v) is 15.2. The molecule has 1 aromatic carbocycles. The standard InChI is InChI=1S/C32H39N3O7/c36-19-18-35-28-31(40)34(22-12-5-2-6-13-22)17-9-16-32(28)27(30(35)39)26-24(42-32)14-7-8-15-25(37)41-20-23(33-29(26)38)21-10-3-1-4-11-21/h1,3-4,7,9-11,14,16,22-24,26-28,36H,2,5-6,8,12-13,15,17-20H2,(H,33,38)/b14-7-/t23-,24+,26-,27-,28+,32-/m1/s1. The van der Waals surface area contributed by atoms with Gasteiger partial charge in [0.2, 0.25) is 17.7 Å². The Labute approximate surface area is 245 Å². The molecule has 1 aromatic rings. The summed E-state index contributed by atoms with van der Waals surface area (Å²) in [5.41, 5.74) is -0.597. The number of amides is 3. The van der Waals surface area contributed by atoms with E-state index >= 15 is 0 Å². The predicted molar refractivity (Wildman–Crippen MR) is 152 cm³/mol. The summed E-state index contributed by atoms with van der Waals surface area (Å²) >= 11 is 0. The van der Waals surface area contributed by atoms with Crippen LogP contribution >= 0.6 is 0 Å². The van der Waals surface area contributed by atoms with Gasteiger partial charge in [0.1, 0.15) is 18.2 Å². The molecule has 4 heterocycles. The zero-order valence-corrected chi connectivity index (χ0v) is 23.7. The number of benzene rings is 1. The Kier molecular flexibility index (Phi) is 8.18. The third-order valence-corrected chi connectivity index (χ3v) is 9.45. The van der Waals surface area contributed by atoms with Gasteiger partial charge in [-0.2, -0.15) is 0 Å². The lowest BCUT2D eigenvalue weighted by atomic mass is 9.77. The number of aliphatic hydroxyl groups excluding tert-OH is 1. The Balaban J connectivity index is 1.39. The number of hydrogen-bond donors (Lipinski definition) is 2. The van der Waals surface area contributed by atoms with Gasteiger partial charge in [0.05, 0.1) is 30.6 Å². The lowest BCUT2D eigenvalue weighted by molar-refractivity contribution is -0.150. The van der Waals surface area contributed by atoms with E-state index in [2.05, 4.69) is 5.32 Å². The van der Waals surface area contributed by atoms with Crippen LogP contribution < -0.4 is 5.32 Å². The molecular formula is C32H39N3O7. The van der Waals surface area contributed by atoms with Crippen LogP contribution in [0.15, 0.2) is 54.6 Å². The van der Waals surface area contributed by atoms with Crippen LogP contribution in [0, 0.1) is 11.8 Å². The van der Waals surface area contributed by atoms with E-state index < -0.39 is 41.5 Å². The van der Waals surface area contributed by atoms with Crippen LogP contribution in [0.2, 0.25) is 0 Å². The molecule has 3 fully saturated rings. The van der Waals surface area contributed by atoms with Gasteiger partial charge in [-0.05, 0) is 24.8 Å². The summed E-state index contributed by atoms with van der Waals surface area (Å²) in [6.45, 7) is 0.0218. The molecule has 6 atom stereocenters. The van der Waals surface area contributed by atoms with E-state index in [1.54, 1.807) is 12.2 Å². The highest BCUT2D eigenvalue weighted by Gasteiger charge is 2.71. The van der Waals surface area contributed by atoms with E-state index in [-0.39, 0.29) is 50.0 Å². The summed E-state index contributed by atoms with van der Waals surface area (Å²) in [7, 11) is 0. The van der Waals surface area contributed by atoms with Crippen molar-refractivity contribution in [2.75, 3.05) is 26.3 Å². The van der Waals surface area contributed by atoms with Crippen LogP contribution in [0.1, 0.15) is 56.6 Å². The van der Waals surface area contributed by atoms with E-state index in [4.69, 9.17) is 9.47 Å². The summed E-state index contributed by atoms with van der Waals surface area (Å²) in [6.07, 6.45) is 12.1. The number of ether oxygens (including phenoxy) is 2. The van der Waals surface area contributed by atoms with Gasteiger partial charge in [-0.3, -0.25) is 19.2 Å². The lowest BCUT2D eigenvalue weighted by Crippen LogP contribution is -2.57. The molecule has 1 aliphatic carbocycles. The molecule has 1 spiro atoms. The maximum Gasteiger partial charge on any atom is 0.306 e. The second-order valence-electron chi connectivity index (χ2n) is 11.9. The number of hydrogen-bond acceptors (Lipinski definition) is 7. The molecule has 10 heteroatoms. The number of carbonyl (C=O) groups excluding carboxylic acids is 4. The van der Waals surface area contributed by atoms with Crippen molar-refractivity contribution in [1.29, 1.82) is 0 Å². The Morgan fingerprint density at radius 1 is 1.00 bits per heavy atom. The van der Waals surface area contributed by atoms with Gasteiger partial charge < -0.3 is 29.7 Å². The average molecular weight is 578 g/mol. The molecule has 42 heavy (non-hydrogen) atoms. The van der Waals surface area contributed by atoms with Crippen molar-refractivity contribution < 1.29 is 33.8 Å². The second kappa shape index (κ2) is 12.0. The van der Waals surface area contributed by atoms with Crippen LogP contribution in [0.25, 0.3) is 0 Å². The number of cyclic esters (lactones) is 1. The van der Waals surface area contributed by atoms with Gasteiger partial charge in [-0.25, -0.2) is 0 Å². The summed E-state index contributed by atoms with van der Waals surface area (Å²) in [5.74, 6) is -3.24. The smallest absolute Gasteiger partial charge is 0.306 e. The van der Waals surface area contributed by atoms with Gasteiger partial charge >= 0.3 is 5.97 Å². The fourth-order valence-corrected chi connectivity index (χ4v) is 7.52. The van der Waals surface area contributed by atoms with E-state index in [1.807, 2.05) is 47.4 Å². The Bertz CT molecular complexity index is 1260. The first-order chi connectivity index (χ1) is 20.4. The van der Waals surface area contributed by atoms with E-state index in [9.17, 15) is 24.3 Å². The highest BCUT2D eigenvalue weighted by Crippen LogP contribution is 2.53. The largest absolute Gasteiger partial charge is 0.463 e. The number of esters is 1. The number of nitrogens with one attached hydrogen (secondary N) is 1. The van der Waals surface area contributed by atoms with Crippen molar-refractivity contribution in [3.63, 3.8) is 0 Å². The van der Waals surface area contributed by atoms with Crippen molar-refractivity contribution in [2.45, 2.75) is 74.8 Å². The first kappa shape index (κ1) is 28.6. The number of rotatable bonds is 4. The molecule has 0 radical (unpaired) electrons. The monoisotopic (exact) mass is 577 g/mol. The Hall–Kier alpha value is -3.50. The molecule has 6 rings (SSSR count). The minimum absolute atomic E-state index is 0.0271. The van der Waals surface area contributed by atoms with E-state index in [1.165, 1.54) is 4.90 Å². The first-order valence-electron chi connectivity index (χ1n) is 15.2. The molecule has 1 saturated carbocycles. The molecular weight excluding hydrogens is 538 g/mol. The SMILES string of the molecule is O=C1CC/C=C\[C@@H]2O[C@@]34C=CCN(C5CCCCC5)C(=O)[C@@H]3N(CCO)C(=O)[C@H]4[C@@H]2C(=O)N[C@@H](c2ccccc2)CO1. The van der Waals surface area contributed by atoms with Gasteiger partial charge in [0, 0.05) is 25.6 Å². The van der Waals surface area contributed by atoms with Crippen LogP contribution in [0.5, 0.6) is 0 Å². The number of β-amino-alcohol motifs (C(OH)–C–C–N with tert-alkyl or cyclic N) is 1. The fraction of sp³-hybridized carbons (Fsp3) is 0.562. The normalized spacial score (nSPS) is 34.8. The predicted octanol–water partition coefficient (Wildman–Crippen LogP) is 2.04. The molecule has 0 aromatic heterocycles. The van der Waals surface area contributed by atoms with Crippen molar-refractivity contribution in [3.8, 4) is 0 Å². The number of nitrogens with zero attached hydrogens (tertiary/aromatic N) is 2. The molecule has 5 aliphatic rings. The molecule has 0 bridgehead atoms. The van der Waals surface area contributed by atoms with E-state index in [0.29, 0.717) is 13.0 Å². The number of allylic oxidation sites excluding steroid dienone is 1. The van der Waals surface area contributed by atoms with Crippen molar-refractivity contribution in [2.24, 2.45) is 11.8 Å².